The third-order valence-corrected chi connectivity index (χ3v) is 4.38. The molecule has 0 amide bonds. The minimum atomic E-state index is -0.374. The number of aromatic nitrogens is 2. The molecule has 2 aromatic carbocycles. The molecule has 3 rings (SSSR count). The van der Waals surface area contributed by atoms with Crippen LogP contribution in [0.25, 0.3) is 16.9 Å². The van der Waals surface area contributed by atoms with Crippen LogP contribution in [0.2, 0.25) is 0 Å². The van der Waals surface area contributed by atoms with E-state index in [9.17, 15) is 9.18 Å². The van der Waals surface area contributed by atoms with Gasteiger partial charge in [-0.3, -0.25) is 14.9 Å². The molecule has 0 unspecified atom stereocenters. The van der Waals surface area contributed by atoms with E-state index in [1.807, 2.05) is 24.3 Å². The Labute approximate surface area is 161 Å². The van der Waals surface area contributed by atoms with E-state index in [1.165, 1.54) is 28.9 Å². The van der Waals surface area contributed by atoms with Crippen molar-refractivity contribution in [2.24, 2.45) is 4.99 Å². The summed E-state index contributed by atoms with van der Waals surface area (Å²) in [6.45, 7) is 2.23. The van der Waals surface area contributed by atoms with E-state index < -0.39 is 0 Å². The van der Waals surface area contributed by atoms with Crippen molar-refractivity contribution in [3.8, 4) is 22.7 Å². The molecule has 7 heteroatoms. The summed E-state index contributed by atoms with van der Waals surface area (Å²) in [6, 6.07) is 13.0. The number of aliphatic imine (C=N–C) groups is 1. The van der Waals surface area contributed by atoms with Gasteiger partial charge in [-0.2, -0.15) is 0 Å². The number of methoxy groups -OCH3 is 1. The van der Waals surface area contributed by atoms with Crippen molar-refractivity contribution < 1.29 is 14.2 Å². The van der Waals surface area contributed by atoms with Crippen LogP contribution < -0.4 is 10.3 Å². The quantitative estimate of drug-likeness (QED) is 0.486. The predicted molar refractivity (Wildman–Crippen MR) is 107 cm³/mol. The summed E-state index contributed by atoms with van der Waals surface area (Å²) in [5, 5.41) is 12.1. The Hall–Kier alpha value is -3.19. The van der Waals surface area contributed by atoms with Gasteiger partial charge >= 0.3 is 0 Å². The van der Waals surface area contributed by atoms with Crippen molar-refractivity contribution in [3.05, 3.63) is 70.3 Å². The smallest absolute Gasteiger partial charge is 0.280 e. The molecule has 0 atom stereocenters. The Morgan fingerprint density at radius 2 is 1.86 bits per heavy atom. The Kier molecular flexibility index (Phi) is 6.06. The van der Waals surface area contributed by atoms with E-state index in [4.69, 9.17) is 9.84 Å². The Balaban J connectivity index is 2.15. The van der Waals surface area contributed by atoms with Crippen molar-refractivity contribution in [3.63, 3.8) is 0 Å². The van der Waals surface area contributed by atoms with Crippen molar-refractivity contribution in [2.45, 2.75) is 13.3 Å². The third-order valence-electron chi connectivity index (χ3n) is 4.38. The van der Waals surface area contributed by atoms with Gasteiger partial charge in [0, 0.05) is 24.4 Å². The SMILES string of the molecule is COc1ccc(-c2[nH]n(-c3ccc(F)cc3)c(=O)c2C(C)=NCCCO)cc1. The fourth-order valence-corrected chi connectivity index (χ4v) is 2.91. The Morgan fingerprint density at radius 3 is 2.46 bits per heavy atom. The van der Waals surface area contributed by atoms with Gasteiger partial charge in [0.2, 0.25) is 0 Å². The first-order valence-corrected chi connectivity index (χ1v) is 8.93. The first-order valence-electron chi connectivity index (χ1n) is 8.93. The molecule has 0 bridgehead atoms. The molecule has 0 radical (unpaired) electrons. The lowest BCUT2D eigenvalue weighted by atomic mass is 10.0. The maximum Gasteiger partial charge on any atom is 0.280 e. The van der Waals surface area contributed by atoms with Gasteiger partial charge in [-0.25, -0.2) is 9.07 Å². The van der Waals surface area contributed by atoms with Gasteiger partial charge < -0.3 is 9.84 Å². The molecule has 28 heavy (non-hydrogen) atoms. The second kappa shape index (κ2) is 8.67. The number of ether oxygens (including phenoxy) is 1. The molecule has 0 aliphatic carbocycles. The van der Waals surface area contributed by atoms with Gasteiger partial charge in [0.1, 0.15) is 11.6 Å². The minimum absolute atomic E-state index is 0.0368. The summed E-state index contributed by atoms with van der Waals surface area (Å²) >= 11 is 0. The molecule has 0 saturated carbocycles. The lowest BCUT2D eigenvalue weighted by molar-refractivity contribution is 0.291. The Morgan fingerprint density at radius 1 is 1.18 bits per heavy atom. The summed E-state index contributed by atoms with van der Waals surface area (Å²) in [5.74, 6) is 0.333. The van der Waals surface area contributed by atoms with Crippen molar-refractivity contribution in [1.29, 1.82) is 0 Å². The molecule has 1 aromatic heterocycles. The molecule has 1 heterocycles. The van der Waals surface area contributed by atoms with Crippen molar-refractivity contribution >= 4 is 5.71 Å². The number of halogens is 1. The van der Waals surface area contributed by atoms with Crippen LogP contribution in [0.15, 0.2) is 58.3 Å². The highest BCUT2D eigenvalue weighted by Crippen LogP contribution is 2.24. The zero-order chi connectivity index (χ0) is 20.1. The summed E-state index contributed by atoms with van der Waals surface area (Å²) in [7, 11) is 1.59. The molecule has 0 fully saturated rings. The summed E-state index contributed by atoms with van der Waals surface area (Å²) in [5.41, 5.74) is 2.67. The minimum Gasteiger partial charge on any atom is -0.497 e. The van der Waals surface area contributed by atoms with E-state index in [-0.39, 0.29) is 18.0 Å². The van der Waals surface area contributed by atoms with Crippen LogP contribution in [0, 0.1) is 5.82 Å². The lowest BCUT2D eigenvalue weighted by Crippen LogP contribution is -2.19. The fraction of sp³-hybridized carbons (Fsp3) is 0.238. The van der Waals surface area contributed by atoms with E-state index in [1.54, 1.807) is 14.0 Å². The molecule has 0 spiro atoms. The molecule has 0 aliphatic heterocycles. The van der Waals surface area contributed by atoms with Crippen LogP contribution in [0.1, 0.15) is 18.9 Å². The first kappa shape index (κ1) is 19.6. The number of rotatable bonds is 7. The number of hydrogen-bond donors (Lipinski definition) is 2. The van der Waals surface area contributed by atoms with Gasteiger partial charge in [-0.15, -0.1) is 0 Å². The first-order chi connectivity index (χ1) is 13.5. The van der Waals surface area contributed by atoms with Crippen LogP contribution in [-0.4, -0.2) is 40.9 Å². The normalized spacial score (nSPS) is 11.6. The van der Waals surface area contributed by atoms with Crippen LogP contribution in [0.5, 0.6) is 5.75 Å². The second-order valence-electron chi connectivity index (χ2n) is 6.25. The second-order valence-corrected chi connectivity index (χ2v) is 6.25. The number of aliphatic hydroxyl groups is 1. The fourth-order valence-electron chi connectivity index (χ4n) is 2.91. The standard InChI is InChI=1S/C21H22FN3O3/c1-14(23-12-3-13-26)19-20(15-4-10-18(28-2)11-5-15)24-25(21(19)27)17-8-6-16(22)7-9-17/h4-11,24,26H,3,12-13H2,1-2H3. The molecule has 6 nitrogen and oxygen atoms in total. The van der Waals surface area contributed by atoms with Crippen LogP contribution in [0.4, 0.5) is 4.39 Å². The van der Waals surface area contributed by atoms with Gasteiger partial charge in [-0.1, -0.05) is 0 Å². The molecule has 3 aromatic rings. The van der Waals surface area contributed by atoms with Crippen LogP contribution in [-0.2, 0) is 0 Å². The summed E-state index contributed by atoms with van der Waals surface area (Å²) < 4.78 is 19.8. The largest absolute Gasteiger partial charge is 0.497 e. The van der Waals surface area contributed by atoms with E-state index in [0.29, 0.717) is 41.4 Å². The topological polar surface area (TPSA) is 79.6 Å². The third kappa shape index (κ3) is 4.04. The van der Waals surface area contributed by atoms with E-state index in [0.717, 1.165) is 5.56 Å². The molecule has 0 saturated heterocycles. The molecule has 2 N–H and O–H groups in total. The van der Waals surface area contributed by atoms with Crippen LogP contribution >= 0.6 is 0 Å². The molecule has 146 valence electrons. The highest BCUT2D eigenvalue weighted by molar-refractivity contribution is 6.03. The zero-order valence-corrected chi connectivity index (χ0v) is 15.8. The zero-order valence-electron chi connectivity index (χ0n) is 15.8. The number of nitrogens with zero attached hydrogens (tertiary/aromatic N) is 2. The van der Waals surface area contributed by atoms with Crippen molar-refractivity contribution in [2.75, 3.05) is 20.3 Å². The number of benzene rings is 2. The molecular formula is C21H22FN3O3. The van der Waals surface area contributed by atoms with Gasteiger partial charge in [0.25, 0.3) is 5.56 Å². The average Bonchev–Trinajstić information content (AvgIpc) is 3.06. The lowest BCUT2D eigenvalue weighted by Gasteiger charge is -2.05. The number of H-pyrrole nitrogens is 1. The van der Waals surface area contributed by atoms with Crippen LogP contribution in [0.3, 0.4) is 0 Å². The van der Waals surface area contributed by atoms with E-state index >= 15 is 0 Å². The number of nitrogens with one attached hydrogen (secondary N) is 1. The van der Waals surface area contributed by atoms with Gasteiger partial charge in [-0.05, 0) is 61.9 Å². The average molecular weight is 383 g/mol. The molecule has 0 aliphatic rings. The predicted octanol–water partition coefficient (Wildman–Crippen LogP) is 3.17. The maximum absolute atomic E-state index is 13.3. The highest BCUT2D eigenvalue weighted by atomic mass is 19.1. The van der Waals surface area contributed by atoms with Gasteiger partial charge in [0.05, 0.1) is 24.1 Å². The summed E-state index contributed by atoms with van der Waals surface area (Å²) in [6.07, 6.45) is 0.520. The number of hydrogen-bond acceptors (Lipinski definition) is 4. The number of aliphatic hydroxyl groups excluding tert-OH is 1. The van der Waals surface area contributed by atoms with Crippen molar-refractivity contribution in [1.82, 2.24) is 9.78 Å². The number of aromatic amines is 1. The molecular weight excluding hydrogens is 361 g/mol. The van der Waals surface area contributed by atoms with Gasteiger partial charge in [0.15, 0.2) is 0 Å². The maximum atomic E-state index is 13.3. The summed E-state index contributed by atoms with van der Waals surface area (Å²) in [4.78, 5) is 17.6. The van der Waals surface area contributed by atoms with E-state index in [2.05, 4.69) is 10.1 Å². The highest BCUT2D eigenvalue weighted by Gasteiger charge is 2.19. The monoisotopic (exact) mass is 383 g/mol. The Bertz CT molecular complexity index is 1020.